The Hall–Kier alpha value is -3.02. The Labute approximate surface area is 147 Å². The Morgan fingerprint density at radius 1 is 0.600 bits per heavy atom. The Bertz CT molecular complexity index is 716. The summed E-state index contributed by atoms with van der Waals surface area (Å²) < 4.78 is 26.3. The number of methoxy groups -OCH3 is 5. The van der Waals surface area contributed by atoms with E-state index in [1.165, 1.54) is 14.2 Å². The fourth-order valence-electron chi connectivity index (χ4n) is 2.40. The zero-order valence-corrected chi connectivity index (χ0v) is 15.0. The molecule has 0 spiro atoms. The van der Waals surface area contributed by atoms with Crippen LogP contribution in [0.15, 0.2) is 24.3 Å². The molecule has 0 bridgehead atoms. The van der Waals surface area contributed by atoms with E-state index in [-0.39, 0.29) is 5.75 Å². The molecular formula is C19H22O6. The maximum absolute atomic E-state index is 9.97. The highest BCUT2D eigenvalue weighted by Crippen LogP contribution is 2.40. The number of ether oxygens (including phenoxy) is 5. The molecule has 0 unspecified atom stereocenters. The molecule has 0 atom stereocenters. The van der Waals surface area contributed by atoms with Crippen molar-refractivity contribution in [3.63, 3.8) is 0 Å². The monoisotopic (exact) mass is 346 g/mol. The number of hydrogen-bond acceptors (Lipinski definition) is 6. The summed E-state index contributed by atoms with van der Waals surface area (Å²) in [7, 11) is 7.67. The van der Waals surface area contributed by atoms with E-state index in [1.54, 1.807) is 33.5 Å². The highest BCUT2D eigenvalue weighted by molar-refractivity contribution is 5.74. The summed E-state index contributed by atoms with van der Waals surface area (Å²) in [6, 6.07) is 7.11. The van der Waals surface area contributed by atoms with Crippen LogP contribution in [0.5, 0.6) is 34.5 Å². The maximum Gasteiger partial charge on any atom is 0.203 e. The van der Waals surface area contributed by atoms with Crippen molar-refractivity contribution in [2.24, 2.45) is 0 Å². The molecule has 0 aliphatic heterocycles. The number of benzene rings is 2. The van der Waals surface area contributed by atoms with Gasteiger partial charge in [0.05, 0.1) is 35.5 Å². The summed E-state index contributed by atoms with van der Waals surface area (Å²) in [5.41, 5.74) is 1.67. The maximum atomic E-state index is 9.97. The van der Waals surface area contributed by atoms with Gasteiger partial charge in [-0.1, -0.05) is 12.2 Å². The van der Waals surface area contributed by atoms with Gasteiger partial charge in [-0.3, -0.25) is 0 Å². The summed E-state index contributed by atoms with van der Waals surface area (Å²) in [6.07, 6.45) is 3.75. The van der Waals surface area contributed by atoms with E-state index in [0.717, 1.165) is 11.1 Å². The zero-order chi connectivity index (χ0) is 18.4. The number of phenols is 1. The van der Waals surface area contributed by atoms with Crippen molar-refractivity contribution < 1.29 is 28.8 Å². The first-order valence-electron chi connectivity index (χ1n) is 7.51. The van der Waals surface area contributed by atoms with Gasteiger partial charge >= 0.3 is 0 Å². The largest absolute Gasteiger partial charge is 0.502 e. The van der Waals surface area contributed by atoms with Gasteiger partial charge in [-0.2, -0.15) is 0 Å². The average molecular weight is 346 g/mol. The summed E-state index contributed by atoms with van der Waals surface area (Å²) in [4.78, 5) is 0. The molecule has 0 amide bonds. The minimum absolute atomic E-state index is 0.0325. The first-order valence-corrected chi connectivity index (χ1v) is 7.51. The lowest BCUT2D eigenvalue weighted by atomic mass is 10.1. The first-order chi connectivity index (χ1) is 12.1. The lowest BCUT2D eigenvalue weighted by Gasteiger charge is -2.13. The van der Waals surface area contributed by atoms with E-state index in [4.69, 9.17) is 23.7 Å². The van der Waals surface area contributed by atoms with Crippen molar-refractivity contribution in [1.82, 2.24) is 0 Å². The molecule has 0 saturated carbocycles. The molecule has 0 fully saturated rings. The second-order valence-corrected chi connectivity index (χ2v) is 5.07. The molecule has 2 aromatic rings. The molecule has 6 nitrogen and oxygen atoms in total. The van der Waals surface area contributed by atoms with Crippen LogP contribution in [0.1, 0.15) is 11.1 Å². The molecule has 0 saturated heterocycles. The van der Waals surface area contributed by atoms with E-state index < -0.39 is 0 Å². The standard InChI is InChI=1S/C19H22O6/c1-21-14-8-12(9-15(22-2)18(14)20)6-7-13-10-16(23-3)19(25-5)17(11-13)24-4/h6-11,20H,1-5H3/b7-6-. The Morgan fingerprint density at radius 2 is 0.960 bits per heavy atom. The molecule has 0 aliphatic carbocycles. The van der Waals surface area contributed by atoms with Crippen LogP contribution in [-0.2, 0) is 0 Å². The van der Waals surface area contributed by atoms with Crippen LogP contribution in [0, 0.1) is 0 Å². The van der Waals surface area contributed by atoms with Crippen LogP contribution in [0.25, 0.3) is 12.2 Å². The van der Waals surface area contributed by atoms with E-state index in [2.05, 4.69) is 0 Å². The second kappa shape index (κ2) is 8.19. The van der Waals surface area contributed by atoms with E-state index in [0.29, 0.717) is 28.7 Å². The van der Waals surface area contributed by atoms with Crippen molar-refractivity contribution in [3.8, 4) is 34.5 Å². The van der Waals surface area contributed by atoms with Crippen LogP contribution in [0.4, 0.5) is 0 Å². The topological polar surface area (TPSA) is 66.4 Å². The normalized spacial score (nSPS) is 10.6. The predicted molar refractivity (Wildman–Crippen MR) is 96.2 cm³/mol. The Balaban J connectivity index is 2.42. The molecular weight excluding hydrogens is 324 g/mol. The molecule has 1 N–H and O–H groups in total. The summed E-state index contributed by atoms with van der Waals surface area (Å²) >= 11 is 0. The minimum Gasteiger partial charge on any atom is -0.502 e. The van der Waals surface area contributed by atoms with Crippen LogP contribution in [0.3, 0.4) is 0 Å². The smallest absolute Gasteiger partial charge is 0.203 e. The number of phenolic OH excluding ortho intramolecular Hbond substituents is 1. The molecule has 25 heavy (non-hydrogen) atoms. The van der Waals surface area contributed by atoms with Crippen molar-refractivity contribution in [2.75, 3.05) is 35.5 Å². The fraction of sp³-hybridized carbons (Fsp3) is 0.263. The van der Waals surface area contributed by atoms with E-state index in [1.807, 2.05) is 24.3 Å². The molecule has 134 valence electrons. The second-order valence-electron chi connectivity index (χ2n) is 5.07. The van der Waals surface area contributed by atoms with Crippen LogP contribution in [0.2, 0.25) is 0 Å². The predicted octanol–water partition coefficient (Wildman–Crippen LogP) is 3.61. The van der Waals surface area contributed by atoms with Crippen molar-refractivity contribution in [2.45, 2.75) is 0 Å². The highest BCUT2D eigenvalue weighted by Gasteiger charge is 2.13. The minimum atomic E-state index is -0.0325. The number of rotatable bonds is 7. The summed E-state index contributed by atoms with van der Waals surface area (Å²) in [5, 5.41) is 9.97. The van der Waals surface area contributed by atoms with Gasteiger partial charge in [0.1, 0.15) is 0 Å². The van der Waals surface area contributed by atoms with E-state index >= 15 is 0 Å². The molecule has 2 rings (SSSR count). The average Bonchev–Trinajstić information content (AvgIpc) is 2.65. The van der Waals surface area contributed by atoms with Crippen molar-refractivity contribution in [3.05, 3.63) is 35.4 Å². The molecule has 0 aromatic heterocycles. The van der Waals surface area contributed by atoms with Gasteiger partial charge in [0.25, 0.3) is 0 Å². The van der Waals surface area contributed by atoms with Crippen LogP contribution in [-0.4, -0.2) is 40.7 Å². The van der Waals surface area contributed by atoms with Crippen molar-refractivity contribution in [1.29, 1.82) is 0 Å². The molecule has 0 heterocycles. The molecule has 0 aliphatic rings. The highest BCUT2D eigenvalue weighted by atomic mass is 16.5. The van der Waals surface area contributed by atoms with Gasteiger partial charge in [0.15, 0.2) is 23.0 Å². The van der Waals surface area contributed by atoms with E-state index in [9.17, 15) is 5.11 Å². The summed E-state index contributed by atoms with van der Waals surface area (Å²) in [6.45, 7) is 0. The van der Waals surface area contributed by atoms with Crippen LogP contribution >= 0.6 is 0 Å². The Morgan fingerprint density at radius 3 is 1.28 bits per heavy atom. The first kappa shape index (κ1) is 18.3. The number of aromatic hydroxyl groups is 1. The lowest BCUT2D eigenvalue weighted by Crippen LogP contribution is -1.95. The summed E-state index contributed by atoms with van der Waals surface area (Å²) in [5.74, 6) is 2.32. The third kappa shape index (κ3) is 3.91. The molecule has 2 aromatic carbocycles. The van der Waals surface area contributed by atoms with Gasteiger partial charge < -0.3 is 28.8 Å². The quantitative estimate of drug-likeness (QED) is 0.773. The van der Waals surface area contributed by atoms with Crippen LogP contribution < -0.4 is 23.7 Å². The fourth-order valence-corrected chi connectivity index (χ4v) is 2.40. The van der Waals surface area contributed by atoms with Gasteiger partial charge in [-0.15, -0.1) is 0 Å². The third-order valence-electron chi connectivity index (χ3n) is 3.66. The molecule has 6 heteroatoms. The zero-order valence-electron chi connectivity index (χ0n) is 15.0. The third-order valence-corrected chi connectivity index (χ3v) is 3.66. The number of hydrogen-bond donors (Lipinski definition) is 1. The van der Waals surface area contributed by atoms with Gasteiger partial charge in [0.2, 0.25) is 11.5 Å². The van der Waals surface area contributed by atoms with Crippen molar-refractivity contribution >= 4 is 12.2 Å². The SMILES string of the molecule is COc1cc(/C=C\c2cc(OC)c(OC)c(OC)c2)cc(OC)c1O. The van der Waals surface area contributed by atoms with Gasteiger partial charge in [-0.25, -0.2) is 0 Å². The molecule has 0 radical (unpaired) electrons. The van der Waals surface area contributed by atoms with Gasteiger partial charge in [0, 0.05) is 0 Å². The van der Waals surface area contributed by atoms with Gasteiger partial charge in [-0.05, 0) is 35.4 Å². The Kier molecular flexibility index (Phi) is 6.00. The lowest BCUT2D eigenvalue weighted by molar-refractivity contribution is 0.324.